The zero-order chi connectivity index (χ0) is 15.0. The highest BCUT2D eigenvalue weighted by atomic mass is 19.2. The fourth-order valence-electron chi connectivity index (χ4n) is 2.20. The molecule has 1 fully saturated rings. The van der Waals surface area contributed by atoms with E-state index in [1.165, 1.54) is 6.92 Å². The average molecular weight is 286 g/mol. The van der Waals surface area contributed by atoms with Crippen LogP contribution in [0.2, 0.25) is 0 Å². The van der Waals surface area contributed by atoms with Crippen LogP contribution in [-0.4, -0.2) is 23.9 Å². The van der Waals surface area contributed by atoms with Crippen LogP contribution < -0.4 is 10.2 Å². The van der Waals surface area contributed by atoms with Crippen LogP contribution in [0.25, 0.3) is 0 Å². The van der Waals surface area contributed by atoms with Crippen LogP contribution >= 0.6 is 0 Å². The summed E-state index contributed by atoms with van der Waals surface area (Å²) in [4.78, 5) is 24.8. The van der Waals surface area contributed by atoms with E-state index in [9.17, 15) is 22.8 Å². The van der Waals surface area contributed by atoms with Crippen molar-refractivity contribution in [2.24, 2.45) is 0 Å². The van der Waals surface area contributed by atoms with Crippen molar-refractivity contribution in [2.75, 3.05) is 4.90 Å². The third kappa shape index (κ3) is 2.23. The molecule has 1 heterocycles. The highest BCUT2D eigenvalue weighted by Crippen LogP contribution is 2.28. The standard InChI is InChI=1S/C13H13F3N2O2/c1-3-10-12(19)17-6(2)13(20)18(10)11-5-8(15)7(14)4-9(11)16/h4-6,10H,3H2,1-2H3,(H,17,19). The number of nitrogens with zero attached hydrogens (tertiary/aromatic N) is 1. The summed E-state index contributed by atoms with van der Waals surface area (Å²) < 4.78 is 40.1. The van der Waals surface area contributed by atoms with Crippen LogP contribution in [0.1, 0.15) is 20.3 Å². The van der Waals surface area contributed by atoms with Gasteiger partial charge in [-0.25, -0.2) is 13.2 Å². The minimum atomic E-state index is -1.35. The van der Waals surface area contributed by atoms with Crippen molar-refractivity contribution in [1.29, 1.82) is 0 Å². The molecule has 4 nitrogen and oxygen atoms in total. The SMILES string of the molecule is CCC1C(=O)NC(C)C(=O)N1c1cc(F)c(F)cc1F. The van der Waals surface area contributed by atoms with E-state index in [-0.39, 0.29) is 6.42 Å². The molecule has 108 valence electrons. The number of nitrogens with one attached hydrogen (secondary N) is 1. The summed E-state index contributed by atoms with van der Waals surface area (Å²) in [5.41, 5.74) is -0.428. The van der Waals surface area contributed by atoms with Gasteiger partial charge in [-0.2, -0.15) is 0 Å². The number of carbonyl (C=O) groups excluding carboxylic acids is 2. The Hall–Kier alpha value is -2.05. The van der Waals surface area contributed by atoms with E-state index in [0.29, 0.717) is 12.1 Å². The van der Waals surface area contributed by atoms with Gasteiger partial charge >= 0.3 is 0 Å². The van der Waals surface area contributed by atoms with Crippen LogP contribution in [0.4, 0.5) is 18.9 Å². The summed E-state index contributed by atoms with van der Waals surface area (Å²) in [5, 5.41) is 2.45. The normalized spacial score (nSPS) is 22.9. The van der Waals surface area contributed by atoms with E-state index >= 15 is 0 Å². The van der Waals surface area contributed by atoms with E-state index in [2.05, 4.69) is 5.32 Å². The molecule has 0 radical (unpaired) electrons. The van der Waals surface area contributed by atoms with Gasteiger partial charge in [0.2, 0.25) is 11.8 Å². The van der Waals surface area contributed by atoms with Crippen molar-refractivity contribution in [3.63, 3.8) is 0 Å². The number of halogens is 3. The minimum Gasteiger partial charge on any atom is -0.343 e. The van der Waals surface area contributed by atoms with Crippen molar-refractivity contribution in [2.45, 2.75) is 32.4 Å². The average Bonchev–Trinajstić information content (AvgIpc) is 2.38. The molecule has 0 aliphatic carbocycles. The Morgan fingerprint density at radius 3 is 2.35 bits per heavy atom. The Kier molecular flexibility index (Phi) is 3.69. The van der Waals surface area contributed by atoms with Crippen LogP contribution in [-0.2, 0) is 9.59 Å². The monoisotopic (exact) mass is 286 g/mol. The number of benzene rings is 1. The Balaban J connectivity index is 2.54. The van der Waals surface area contributed by atoms with Gasteiger partial charge in [-0.3, -0.25) is 14.5 Å². The van der Waals surface area contributed by atoms with Crippen LogP contribution in [0.3, 0.4) is 0 Å². The number of amides is 2. The Labute approximate surface area is 113 Å². The fraction of sp³-hybridized carbons (Fsp3) is 0.385. The predicted molar refractivity (Wildman–Crippen MR) is 65.5 cm³/mol. The van der Waals surface area contributed by atoms with Gasteiger partial charge in [0.1, 0.15) is 17.9 Å². The summed E-state index contributed by atoms with van der Waals surface area (Å²) >= 11 is 0. The zero-order valence-electron chi connectivity index (χ0n) is 10.9. The number of hydrogen-bond acceptors (Lipinski definition) is 2. The molecule has 7 heteroatoms. The Morgan fingerprint density at radius 1 is 1.15 bits per heavy atom. The second kappa shape index (κ2) is 5.15. The molecule has 2 rings (SSSR count). The van der Waals surface area contributed by atoms with Gasteiger partial charge in [0.15, 0.2) is 11.6 Å². The summed E-state index contributed by atoms with van der Waals surface area (Å²) in [7, 11) is 0. The predicted octanol–water partition coefficient (Wildman–Crippen LogP) is 1.73. The number of carbonyl (C=O) groups is 2. The van der Waals surface area contributed by atoms with E-state index in [1.807, 2.05) is 0 Å². The van der Waals surface area contributed by atoms with Crippen molar-refractivity contribution in [1.82, 2.24) is 5.32 Å². The van der Waals surface area contributed by atoms with Crippen LogP contribution in [0, 0.1) is 17.5 Å². The summed E-state index contributed by atoms with van der Waals surface area (Å²) in [6.45, 7) is 3.08. The Bertz CT molecular complexity index is 577. The third-order valence-corrected chi connectivity index (χ3v) is 3.22. The second-order valence-electron chi connectivity index (χ2n) is 4.58. The molecule has 1 aromatic rings. The topological polar surface area (TPSA) is 49.4 Å². The minimum absolute atomic E-state index is 0.225. The first kappa shape index (κ1) is 14.4. The van der Waals surface area contributed by atoms with Gasteiger partial charge in [-0.05, 0) is 13.3 Å². The molecule has 1 aromatic carbocycles. The maximum Gasteiger partial charge on any atom is 0.250 e. The van der Waals surface area contributed by atoms with Crippen molar-refractivity contribution in [3.8, 4) is 0 Å². The highest BCUT2D eigenvalue weighted by Gasteiger charge is 2.39. The number of rotatable bonds is 2. The molecule has 0 aromatic heterocycles. The summed E-state index contributed by atoms with van der Waals surface area (Å²) in [6.07, 6.45) is 0.225. The van der Waals surface area contributed by atoms with Gasteiger partial charge in [0, 0.05) is 12.1 Å². The second-order valence-corrected chi connectivity index (χ2v) is 4.58. The summed E-state index contributed by atoms with van der Waals surface area (Å²) in [6, 6.07) is -0.839. The van der Waals surface area contributed by atoms with Crippen molar-refractivity contribution >= 4 is 17.5 Å². The van der Waals surface area contributed by atoms with Crippen molar-refractivity contribution in [3.05, 3.63) is 29.6 Å². The Morgan fingerprint density at radius 2 is 1.75 bits per heavy atom. The highest BCUT2D eigenvalue weighted by molar-refractivity contribution is 6.08. The lowest BCUT2D eigenvalue weighted by Gasteiger charge is -2.37. The molecule has 2 unspecified atom stereocenters. The molecular formula is C13H13F3N2O2. The molecule has 2 amide bonds. The fourth-order valence-corrected chi connectivity index (χ4v) is 2.20. The van der Waals surface area contributed by atoms with E-state index < -0.39 is 47.0 Å². The first-order chi connectivity index (χ1) is 9.36. The van der Waals surface area contributed by atoms with E-state index in [1.54, 1.807) is 6.92 Å². The van der Waals surface area contributed by atoms with Gasteiger partial charge in [0.25, 0.3) is 0 Å². The lowest BCUT2D eigenvalue weighted by Crippen LogP contribution is -2.62. The molecule has 1 saturated heterocycles. The largest absolute Gasteiger partial charge is 0.343 e. The molecule has 1 aliphatic rings. The molecular weight excluding hydrogens is 273 g/mol. The summed E-state index contributed by atoms with van der Waals surface area (Å²) in [5.74, 6) is -4.73. The molecule has 0 spiro atoms. The maximum atomic E-state index is 13.8. The molecule has 0 bridgehead atoms. The first-order valence-electron chi connectivity index (χ1n) is 6.14. The van der Waals surface area contributed by atoms with Gasteiger partial charge in [-0.15, -0.1) is 0 Å². The molecule has 0 saturated carbocycles. The smallest absolute Gasteiger partial charge is 0.250 e. The van der Waals surface area contributed by atoms with Crippen LogP contribution in [0.5, 0.6) is 0 Å². The van der Waals surface area contributed by atoms with Gasteiger partial charge in [-0.1, -0.05) is 6.92 Å². The van der Waals surface area contributed by atoms with E-state index in [0.717, 1.165) is 4.90 Å². The quantitative estimate of drug-likeness (QED) is 0.842. The number of hydrogen-bond donors (Lipinski definition) is 1. The molecule has 1 N–H and O–H groups in total. The van der Waals surface area contributed by atoms with E-state index in [4.69, 9.17) is 0 Å². The third-order valence-electron chi connectivity index (χ3n) is 3.22. The van der Waals surface area contributed by atoms with Gasteiger partial charge in [0.05, 0.1) is 5.69 Å². The number of piperazine rings is 1. The maximum absolute atomic E-state index is 13.8. The molecule has 2 atom stereocenters. The zero-order valence-corrected chi connectivity index (χ0v) is 10.9. The first-order valence-corrected chi connectivity index (χ1v) is 6.14. The number of anilines is 1. The van der Waals surface area contributed by atoms with Crippen LogP contribution in [0.15, 0.2) is 12.1 Å². The lowest BCUT2D eigenvalue weighted by atomic mass is 10.0. The van der Waals surface area contributed by atoms with Gasteiger partial charge < -0.3 is 5.32 Å². The molecule has 20 heavy (non-hydrogen) atoms. The molecule has 1 aliphatic heterocycles. The van der Waals surface area contributed by atoms with Crippen molar-refractivity contribution < 1.29 is 22.8 Å². The lowest BCUT2D eigenvalue weighted by molar-refractivity contribution is -0.133.